The van der Waals surface area contributed by atoms with Crippen LogP contribution in [0.2, 0.25) is 0 Å². The predicted molar refractivity (Wildman–Crippen MR) is 131 cm³/mol. The summed E-state index contributed by atoms with van der Waals surface area (Å²) in [4.78, 5) is 29.9. The molecule has 1 saturated carbocycles. The number of anilines is 1. The number of benzene rings is 2. The second-order valence-electron chi connectivity index (χ2n) is 8.72. The van der Waals surface area contributed by atoms with E-state index >= 15 is 4.39 Å². The van der Waals surface area contributed by atoms with Crippen LogP contribution in [-0.4, -0.2) is 17.9 Å². The van der Waals surface area contributed by atoms with E-state index in [1.54, 1.807) is 18.2 Å². The molecule has 1 aromatic heterocycles. The number of amides is 2. The number of nitrogens with zero attached hydrogens (tertiary/aromatic N) is 1. The molecule has 172 valence electrons. The molecule has 6 heteroatoms. The summed E-state index contributed by atoms with van der Waals surface area (Å²) in [5.74, 6) is -1.07. The SMILES string of the molecule is Cc1ccc(C)c(N(C(=O)Cc2cccs2)[C@H](C(=O)NC2CCCC2)c2ccccc2F)c1. The van der Waals surface area contributed by atoms with Crippen molar-refractivity contribution in [3.8, 4) is 0 Å². The maximum Gasteiger partial charge on any atom is 0.248 e. The van der Waals surface area contributed by atoms with Gasteiger partial charge in [-0.2, -0.15) is 0 Å². The van der Waals surface area contributed by atoms with Crippen molar-refractivity contribution in [2.75, 3.05) is 4.90 Å². The van der Waals surface area contributed by atoms with Gasteiger partial charge < -0.3 is 5.32 Å². The molecule has 33 heavy (non-hydrogen) atoms. The molecule has 0 bridgehead atoms. The van der Waals surface area contributed by atoms with Gasteiger partial charge in [0.2, 0.25) is 11.8 Å². The number of thiophene rings is 1. The average Bonchev–Trinajstić information content (AvgIpc) is 3.49. The summed E-state index contributed by atoms with van der Waals surface area (Å²) >= 11 is 1.49. The van der Waals surface area contributed by atoms with E-state index in [1.165, 1.54) is 22.3 Å². The zero-order chi connectivity index (χ0) is 23.4. The first kappa shape index (κ1) is 23.2. The fraction of sp³-hybridized carbons (Fsp3) is 0.333. The number of hydrogen-bond donors (Lipinski definition) is 1. The van der Waals surface area contributed by atoms with Gasteiger partial charge in [-0.1, -0.05) is 49.2 Å². The number of nitrogens with one attached hydrogen (secondary N) is 1. The third-order valence-corrected chi connectivity index (χ3v) is 7.08. The molecule has 0 spiro atoms. The van der Waals surface area contributed by atoms with E-state index in [4.69, 9.17) is 0 Å². The summed E-state index contributed by atoms with van der Waals surface area (Å²) in [6.07, 6.45) is 4.08. The Kier molecular flexibility index (Phi) is 7.23. The maximum atomic E-state index is 15.1. The first-order valence-electron chi connectivity index (χ1n) is 11.4. The topological polar surface area (TPSA) is 49.4 Å². The Morgan fingerprint density at radius 1 is 1.09 bits per heavy atom. The van der Waals surface area contributed by atoms with E-state index < -0.39 is 11.9 Å². The zero-order valence-corrected chi connectivity index (χ0v) is 19.8. The van der Waals surface area contributed by atoms with E-state index in [2.05, 4.69) is 5.32 Å². The molecule has 4 nitrogen and oxygen atoms in total. The molecule has 0 radical (unpaired) electrons. The molecule has 0 saturated heterocycles. The molecule has 2 aromatic carbocycles. The summed E-state index contributed by atoms with van der Waals surface area (Å²) in [6.45, 7) is 3.86. The van der Waals surface area contributed by atoms with Crippen LogP contribution in [0.4, 0.5) is 10.1 Å². The maximum absolute atomic E-state index is 15.1. The van der Waals surface area contributed by atoms with Crippen LogP contribution in [0, 0.1) is 19.7 Å². The molecule has 1 aliphatic rings. The number of carbonyl (C=O) groups excluding carboxylic acids is 2. The van der Waals surface area contributed by atoms with Gasteiger partial charge >= 0.3 is 0 Å². The van der Waals surface area contributed by atoms with Crippen molar-refractivity contribution < 1.29 is 14.0 Å². The van der Waals surface area contributed by atoms with Crippen LogP contribution in [0.1, 0.15) is 53.3 Å². The highest BCUT2D eigenvalue weighted by Gasteiger charge is 2.36. The van der Waals surface area contributed by atoms with Crippen LogP contribution in [0.15, 0.2) is 60.0 Å². The Balaban J connectivity index is 1.82. The quantitative estimate of drug-likeness (QED) is 0.475. The molecule has 1 aliphatic carbocycles. The summed E-state index contributed by atoms with van der Waals surface area (Å²) < 4.78 is 15.1. The molecule has 0 aliphatic heterocycles. The van der Waals surface area contributed by atoms with Gasteiger partial charge in [0.1, 0.15) is 11.9 Å². The minimum absolute atomic E-state index is 0.0552. The lowest BCUT2D eigenvalue weighted by molar-refractivity contribution is -0.127. The predicted octanol–water partition coefficient (Wildman–Crippen LogP) is 5.88. The van der Waals surface area contributed by atoms with Crippen LogP contribution in [-0.2, 0) is 16.0 Å². The van der Waals surface area contributed by atoms with Gasteiger partial charge in [0.15, 0.2) is 0 Å². The highest BCUT2D eigenvalue weighted by atomic mass is 32.1. The van der Waals surface area contributed by atoms with Gasteiger partial charge in [0.05, 0.1) is 6.42 Å². The van der Waals surface area contributed by atoms with Gasteiger partial charge in [0.25, 0.3) is 0 Å². The van der Waals surface area contributed by atoms with Crippen LogP contribution in [0.25, 0.3) is 0 Å². The number of aryl methyl sites for hydroxylation is 2. The first-order valence-corrected chi connectivity index (χ1v) is 12.3. The van der Waals surface area contributed by atoms with E-state index in [0.29, 0.717) is 5.69 Å². The van der Waals surface area contributed by atoms with E-state index in [9.17, 15) is 9.59 Å². The van der Waals surface area contributed by atoms with Crippen molar-refractivity contribution in [3.63, 3.8) is 0 Å². The van der Waals surface area contributed by atoms with E-state index in [1.807, 2.05) is 49.6 Å². The minimum atomic E-state index is -1.10. The molecule has 0 unspecified atom stereocenters. The van der Waals surface area contributed by atoms with Gasteiger partial charge in [-0.25, -0.2) is 4.39 Å². The van der Waals surface area contributed by atoms with Crippen molar-refractivity contribution in [2.24, 2.45) is 0 Å². The molecule has 1 heterocycles. The molecular formula is C27H29FN2O2S. The van der Waals surface area contributed by atoms with Crippen molar-refractivity contribution in [1.82, 2.24) is 5.32 Å². The standard InChI is InChI=1S/C27H29FN2O2S/c1-18-13-14-19(2)24(16-18)30(25(31)17-21-10-7-15-33-21)26(22-11-5-6-12-23(22)28)27(32)29-20-8-3-4-9-20/h5-7,10-16,20,26H,3-4,8-9,17H2,1-2H3,(H,29,32)/t26-/m0/s1. The Labute approximate surface area is 198 Å². The fourth-order valence-electron chi connectivity index (χ4n) is 4.49. The van der Waals surface area contributed by atoms with Crippen molar-refractivity contribution in [1.29, 1.82) is 0 Å². The van der Waals surface area contributed by atoms with Gasteiger partial charge in [-0.05, 0) is 61.4 Å². The van der Waals surface area contributed by atoms with E-state index in [-0.39, 0.29) is 29.8 Å². The largest absolute Gasteiger partial charge is 0.351 e. The molecule has 2 amide bonds. The number of rotatable bonds is 7. The van der Waals surface area contributed by atoms with Crippen molar-refractivity contribution in [2.45, 2.75) is 58.0 Å². The first-order chi connectivity index (χ1) is 15.9. The smallest absolute Gasteiger partial charge is 0.248 e. The summed E-state index contributed by atoms with van der Waals surface area (Å²) in [6, 6.07) is 14.8. The molecule has 3 aromatic rings. The van der Waals surface area contributed by atoms with Crippen LogP contribution >= 0.6 is 11.3 Å². The number of halogens is 1. The Bertz CT molecular complexity index is 1120. The van der Waals surface area contributed by atoms with Gasteiger partial charge in [-0.3, -0.25) is 14.5 Å². The highest BCUT2D eigenvalue weighted by Crippen LogP contribution is 2.34. The Hall–Kier alpha value is -2.99. The average molecular weight is 465 g/mol. The Morgan fingerprint density at radius 3 is 2.55 bits per heavy atom. The summed E-state index contributed by atoms with van der Waals surface area (Å²) in [5, 5.41) is 5.03. The van der Waals surface area contributed by atoms with Crippen LogP contribution in [0.5, 0.6) is 0 Å². The summed E-state index contributed by atoms with van der Waals surface area (Å²) in [7, 11) is 0. The van der Waals surface area contributed by atoms with Gasteiger partial charge in [0, 0.05) is 22.2 Å². The fourth-order valence-corrected chi connectivity index (χ4v) is 5.18. The van der Waals surface area contributed by atoms with E-state index in [0.717, 1.165) is 41.7 Å². The zero-order valence-electron chi connectivity index (χ0n) is 19.0. The third kappa shape index (κ3) is 5.33. The second kappa shape index (κ2) is 10.3. The lowest BCUT2D eigenvalue weighted by atomic mass is 9.99. The van der Waals surface area contributed by atoms with Gasteiger partial charge in [-0.15, -0.1) is 11.3 Å². The summed E-state index contributed by atoms with van der Waals surface area (Å²) in [5.41, 5.74) is 2.66. The van der Waals surface area contributed by atoms with Crippen molar-refractivity contribution in [3.05, 3.63) is 87.4 Å². The van der Waals surface area contributed by atoms with Crippen molar-refractivity contribution >= 4 is 28.8 Å². The monoisotopic (exact) mass is 464 g/mol. The lowest BCUT2D eigenvalue weighted by Gasteiger charge is -2.33. The molecule has 1 atom stereocenters. The lowest BCUT2D eigenvalue weighted by Crippen LogP contribution is -2.47. The second-order valence-corrected chi connectivity index (χ2v) is 9.76. The molecule has 1 fully saturated rings. The van der Waals surface area contributed by atoms with Crippen LogP contribution < -0.4 is 10.2 Å². The molecular weight excluding hydrogens is 435 g/mol. The van der Waals surface area contributed by atoms with Crippen LogP contribution in [0.3, 0.4) is 0 Å². The minimum Gasteiger partial charge on any atom is -0.351 e. The number of hydrogen-bond acceptors (Lipinski definition) is 3. The third-order valence-electron chi connectivity index (χ3n) is 6.21. The normalized spacial score (nSPS) is 14.8. The highest BCUT2D eigenvalue weighted by molar-refractivity contribution is 7.10. The molecule has 4 rings (SSSR count). The molecule has 1 N–H and O–H groups in total. The number of carbonyl (C=O) groups is 2. The Morgan fingerprint density at radius 2 is 1.85 bits per heavy atom.